The van der Waals surface area contributed by atoms with Crippen LogP contribution in [0.1, 0.15) is 41.8 Å². The third-order valence-corrected chi connectivity index (χ3v) is 4.41. The van der Waals surface area contributed by atoms with E-state index in [4.69, 9.17) is 0 Å². The van der Waals surface area contributed by atoms with Gasteiger partial charge in [-0.05, 0) is 36.2 Å². The molecular weight excluding hydrogens is 338 g/mol. The SMILES string of the molecule is CC(C)c1cc(C(=O)NCc2nc3ccccc3[nH]2)n(-c2ccccc2)n1. The van der Waals surface area contributed by atoms with Gasteiger partial charge in [0.1, 0.15) is 11.5 Å². The van der Waals surface area contributed by atoms with Gasteiger partial charge in [0, 0.05) is 0 Å². The number of fused-ring (bicyclic) bond motifs is 1. The first-order valence-corrected chi connectivity index (χ1v) is 8.99. The zero-order valence-electron chi connectivity index (χ0n) is 15.3. The van der Waals surface area contributed by atoms with Crippen molar-refractivity contribution in [2.45, 2.75) is 26.3 Å². The van der Waals surface area contributed by atoms with Gasteiger partial charge in [0.15, 0.2) is 0 Å². The minimum Gasteiger partial charge on any atom is -0.343 e. The summed E-state index contributed by atoms with van der Waals surface area (Å²) in [5.41, 5.74) is 4.10. The first kappa shape index (κ1) is 17.0. The van der Waals surface area contributed by atoms with E-state index in [0.717, 1.165) is 28.2 Å². The Morgan fingerprint density at radius 1 is 1.11 bits per heavy atom. The number of nitrogens with one attached hydrogen (secondary N) is 2. The summed E-state index contributed by atoms with van der Waals surface area (Å²) in [5, 5.41) is 7.57. The molecule has 0 aliphatic rings. The van der Waals surface area contributed by atoms with E-state index in [-0.39, 0.29) is 11.8 Å². The number of para-hydroxylation sites is 3. The number of H-pyrrole nitrogens is 1. The molecule has 0 spiro atoms. The highest BCUT2D eigenvalue weighted by Gasteiger charge is 2.18. The summed E-state index contributed by atoms with van der Waals surface area (Å²) in [4.78, 5) is 20.6. The quantitative estimate of drug-likeness (QED) is 0.569. The summed E-state index contributed by atoms with van der Waals surface area (Å²) in [6.45, 7) is 4.45. The average molecular weight is 359 g/mol. The molecule has 0 aliphatic heterocycles. The molecule has 0 saturated carbocycles. The van der Waals surface area contributed by atoms with Crippen molar-refractivity contribution >= 4 is 16.9 Å². The van der Waals surface area contributed by atoms with Crippen molar-refractivity contribution in [3.63, 3.8) is 0 Å². The number of carbonyl (C=O) groups is 1. The van der Waals surface area contributed by atoms with Crippen molar-refractivity contribution in [2.75, 3.05) is 0 Å². The highest BCUT2D eigenvalue weighted by Crippen LogP contribution is 2.18. The van der Waals surface area contributed by atoms with Gasteiger partial charge in [-0.3, -0.25) is 4.79 Å². The maximum Gasteiger partial charge on any atom is 0.270 e. The molecule has 136 valence electrons. The minimum absolute atomic E-state index is 0.182. The monoisotopic (exact) mass is 359 g/mol. The molecule has 2 N–H and O–H groups in total. The van der Waals surface area contributed by atoms with Crippen LogP contribution in [-0.4, -0.2) is 25.7 Å². The van der Waals surface area contributed by atoms with Crippen molar-refractivity contribution in [1.29, 1.82) is 0 Å². The molecule has 0 atom stereocenters. The summed E-state index contributed by atoms with van der Waals surface area (Å²) in [6.07, 6.45) is 0. The fourth-order valence-corrected chi connectivity index (χ4v) is 2.95. The van der Waals surface area contributed by atoms with Gasteiger partial charge in [-0.1, -0.05) is 44.2 Å². The van der Waals surface area contributed by atoms with Crippen molar-refractivity contribution in [3.8, 4) is 5.69 Å². The lowest BCUT2D eigenvalue weighted by molar-refractivity contribution is 0.0942. The number of aromatic nitrogens is 4. The summed E-state index contributed by atoms with van der Waals surface area (Å²) in [5.74, 6) is 0.773. The van der Waals surface area contributed by atoms with Crippen molar-refractivity contribution in [1.82, 2.24) is 25.1 Å². The first-order chi connectivity index (χ1) is 13.1. The number of nitrogens with zero attached hydrogens (tertiary/aromatic N) is 3. The van der Waals surface area contributed by atoms with Gasteiger partial charge in [0.2, 0.25) is 0 Å². The van der Waals surface area contributed by atoms with Crippen LogP contribution in [0.3, 0.4) is 0 Å². The van der Waals surface area contributed by atoms with Crippen LogP contribution in [-0.2, 0) is 6.54 Å². The summed E-state index contributed by atoms with van der Waals surface area (Å²) < 4.78 is 1.70. The Labute approximate surface area is 157 Å². The van der Waals surface area contributed by atoms with Gasteiger partial charge in [-0.25, -0.2) is 9.67 Å². The molecule has 0 fully saturated rings. The topological polar surface area (TPSA) is 75.6 Å². The second-order valence-electron chi connectivity index (χ2n) is 6.74. The molecule has 2 heterocycles. The molecule has 0 radical (unpaired) electrons. The van der Waals surface area contributed by atoms with Gasteiger partial charge in [0.25, 0.3) is 5.91 Å². The maximum absolute atomic E-state index is 12.8. The second kappa shape index (κ2) is 7.07. The third kappa shape index (κ3) is 3.46. The largest absolute Gasteiger partial charge is 0.343 e. The fourth-order valence-electron chi connectivity index (χ4n) is 2.95. The normalized spacial score (nSPS) is 11.2. The molecule has 4 aromatic rings. The average Bonchev–Trinajstić information content (AvgIpc) is 3.31. The lowest BCUT2D eigenvalue weighted by Crippen LogP contribution is -2.25. The Morgan fingerprint density at radius 3 is 2.59 bits per heavy atom. The number of imidazole rings is 1. The minimum atomic E-state index is -0.182. The first-order valence-electron chi connectivity index (χ1n) is 8.99. The van der Waals surface area contributed by atoms with E-state index in [0.29, 0.717) is 12.2 Å². The highest BCUT2D eigenvalue weighted by atomic mass is 16.2. The van der Waals surface area contributed by atoms with E-state index < -0.39 is 0 Å². The molecule has 6 heteroatoms. The number of amides is 1. The Hall–Kier alpha value is -3.41. The lowest BCUT2D eigenvalue weighted by atomic mass is 10.1. The van der Waals surface area contributed by atoms with E-state index >= 15 is 0 Å². The zero-order chi connectivity index (χ0) is 18.8. The van der Waals surface area contributed by atoms with Gasteiger partial charge in [-0.15, -0.1) is 0 Å². The molecule has 2 aromatic carbocycles. The smallest absolute Gasteiger partial charge is 0.270 e. The van der Waals surface area contributed by atoms with Crippen LogP contribution >= 0.6 is 0 Å². The van der Waals surface area contributed by atoms with Gasteiger partial charge in [0.05, 0.1) is 29.0 Å². The van der Waals surface area contributed by atoms with Crippen molar-refractivity contribution in [2.24, 2.45) is 0 Å². The predicted molar refractivity (Wildman–Crippen MR) is 105 cm³/mol. The second-order valence-corrected chi connectivity index (χ2v) is 6.74. The standard InChI is InChI=1S/C21H21N5O/c1-14(2)18-12-19(26(25-18)15-8-4-3-5-9-15)21(27)22-13-20-23-16-10-6-7-11-17(16)24-20/h3-12,14H,13H2,1-2H3,(H,22,27)(H,23,24). The number of aromatic amines is 1. The number of rotatable bonds is 5. The summed E-state index contributed by atoms with van der Waals surface area (Å²) in [6, 6.07) is 19.3. The van der Waals surface area contributed by atoms with Crippen LogP contribution in [0.5, 0.6) is 0 Å². The summed E-state index contributed by atoms with van der Waals surface area (Å²) in [7, 11) is 0. The summed E-state index contributed by atoms with van der Waals surface area (Å²) >= 11 is 0. The number of hydrogen-bond acceptors (Lipinski definition) is 3. The van der Waals surface area contributed by atoms with Crippen LogP contribution < -0.4 is 5.32 Å². The maximum atomic E-state index is 12.8. The highest BCUT2D eigenvalue weighted by molar-refractivity contribution is 5.93. The van der Waals surface area contributed by atoms with Crippen molar-refractivity contribution < 1.29 is 4.79 Å². The molecule has 1 amide bonds. The van der Waals surface area contributed by atoms with Crippen LogP contribution in [0.25, 0.3) is 16.7 Å². The van der Waals surface area contributed by atoms with Crippen molar-refractivity contribution in [3.05, 3.63) is 77.9 Å². The zero-order valence-corrected chi connectivity index (χ0v) is 15.3. The van der Waals surface area contributed by atoms with E-state index in [1.807, 2.05) is 60.7 Å². The van der Waals surface area contributed by atoms with E-state index in [9.17, 15) is 4.79 Å². The Morgan fingerprint density at radius 2 is 1.85 bits per heavy atom. The number of carbonyl (C=O) groups excluding carboxylic acids is 1. The van der Waals surface area contributed by atoms with E-state index in [2.05, 4.69) is 34.2 Å². The van der Waals surface area contributed by atoms with Crippen LogP contribution in [0.2, 0.25) is 0 Å². The van der Waals surface area contributed by atoms with Gasteiger partial charge in [-0.2, -0.15) is 5.10 Å². The molecule has 0 saturated heterocycles. The molecule has 27 heavy (non-hydrogen) atoms. The molecular formula is C21H21N5O. The molecule has 2 aromatic heterocycles. The molecule has 4 rings (SSSR count). The van der Waals surface area contributed by atoms with Crippen LogP contribution in [0, 0.1) is 0 Å². The molecule has 0 aliphatic carbocycles. The van der Waals surface area contributed by atoms with E-state index in [1.54, 1.807) is 4.68 Å². The predicted octanol–water partition coefficient (Wildman–Crippen LogP) is 3.80. The van der Waals surface area contributed by atoms with Crippen LogP contribution in [0.15, 0.2) is 60.7 Å². The molecule has 0 bridgehead atoms. The lowest BCUT2D eigenvalue weighted by Gasteiger charge is -2.07. The Balaban J connectivity index is 1.59. The Bertz CT molecular complexity index is 1050. The van der Waals surface area contributed by atoms with Crippen LogP contribution in [0.4, 0.5) is 0 Å². The number of hydrogen-bond donors (Lipinski definition) is 2. The number of benzene rings is 2. The van der Waals surface area contributed by atoms with Gasteiger partial charge < -0.3 is 10.3 Å². The molecule has 0 unspecified atom stereocenters. The molecule has 6 nitrogen and oxygen atoms in total. The third-order valence-electron chi connectivity index (χ3n) is 4.41. The van der Waals surface area contributed by atoms with E-state index in [1.165, 1.54) is 0 Å². The van der Waals surface area contributed by atoms with Gasteiger partial charge >= 0.3 is 0 Å². The fraction of sp³-hybridized carbons (Fsp3) is 0.190. The Kier molecular flexibility index (Phi) is 4.46.